The van der Waals surface area contributed by atoms with Crippen molar-refractivity contribution in [3.05, 3.63) is 0 Å². The third-order valence-corrected chi connectivity index (χ3v) is 2.11. The fourth-order valence-corrected chi connectivity index (χ4v) is 1.29. The number of carboxylic acid groups (broad SMARTS) is 1. The summed E-state index contributed by atoms with van der Waals surface area (Å²) >= 11 is 5.85. The molecule has 0 aliphatic rings. The number of aliphatic carboxylic acids is 1. The van der Waals surface area contributed by atoms with Gasteiger partial charge in [-0.05, 0) is 18.8 Å². The highest BCUT2D eigenvalue weighted by molar-refractivity contribution is 6.20. The van der Waals surface area contributed by atoms with Crippen molar-refractivity contribution >= 4 is 17.6 Å². The van der Waals surface area contributed by atoms with Crippen LogP contribution in [0.3, 0.4) is 0 Å². The lowest BCUT2D eigenvalue weighted by atomic mass is 10.0. The van der Waals surface area contributed by atoms with Gasteiger partial charge in [0.05, 0.1) is 0 Å². The fourth-order valence-electron chi connectivity index (χ4n) is 0.985. The molecule has 2 nitrogen and oxygen atoms in total. The maximum atomic E-state index is 10.2. The first kappa shape index (κ1) is 10.8. The molecule has 3 heteroatoms. The van der Waals surface area contributed by atoms with Crippen LogP contribution in [0.5, 0.6) is 0 Å². The van der Waals surface area contributed by atoms with Crippen molar-refractivity contribution in [2.45, 2.75) is 38.5 Å². The highest BCUT2D eigenvalue weighted by Crippen LogP contribution is 2.16. The summed E-state index contributed by atoms with van der Waals surface area (Å²) in [6, 6.07) is 0. The molecular weight excluding hydrogens is 164 g/mol. The standard InChI is InChI=1S/C8H15ClO2/c1-3-7(9)4-6(2)5-8(10)11/h6-7H,3-5H2,1-2H3,(H,10,11). The summed E-state index contributed by atoms with van der Waals surface area (Å²) in [6.45, 7) is 3.92. The smallest absolute Gasteiger partial charge is 0.303 e. The van der Waals surface area contributed by atoms with E-state index in [0.717, 1.165) is 12.8 Å². The second kappa shape index (κ2) is 5.42. The van der Waals surface area contributed by atoms with Crippen LogP contribution in [0.2, 0.25) is 0 Å². The van der Waals surface area contributed by atoms with E-state index in [4.69, 9.17) is 16.7 Å². The van der Waals surface area contributed by atoms with Crippen LogP contribution in [0.1, 0.15) is 33.1 Å². The Hall–Kier alpha value is -0.240. The topological polar surface area (TPSA) is 37.3 Å². The number of carboxylic acids is 1. The fraction of sp³-hybridized carbons (Fsp3) is 0.875. The quantitative estimate of drug-likeness (QED) is 0.657. The lowest BCUT2D eigenvalue weighted by Crippen LogP contribution is -2.09. The Labute approximate surface area is 72.6 Å². The Morgan fingerprint density at radius 3 is 2.55 bits per heavy atom. The van der Waals surface area contributed by atoms with Gasteiger partial charge in [0.15, 0.2) is 0 Å². The highest BCUT2D eigenvalue weighted by atomic mass is 35.5. The molecule has 1 N–H and O–H groups in total. The predicted molar refractivity (Wildman–Crippen MR) is 46.0 cm³/mol. The molecule has 0 saturated carbocycles. The van der Waals surface area contributed by atoms with Crippen LogP contribution >= 0.6 is 11.6 Å². The molecule has 0 aromatic carbocycles. The van der Waals surface area contributed by atoms with E-state index < -0.39 is 5.97 Å². The molecule has 0 fully saturated rings. The van der Waals surface area contributed by atoms with Crippen LogP contribution in [0.15, 0.2) is 0 Å². The van der Waals surface area contributed by atoms with Crippen molar-refractivity contribution in [1.29, 1.82) is 0 Å². The number of alkyl halides is 1. The van der Waals surface area contributed by atoms with E-state index in [0.29, 0.717) is 0 Å². The van der Waals surface area contributed by atoms with Gasteiger partial charge in [-0.25, -0.2) is 0 Å². The molecule has 0 heterocycles. The molecule has 2 atom stereocenters. The summed E-state index contributed by atoms with van der Waals surface area (Å²) in [5.41, 5.74) is 0. The molecule has 0 saturated heterocycles. The average Bonchev–Trinajstić information content (AvgIpc) is 1.85. The van der Waals surface area contributed by atoms with Gasteiger partial charge in [0, 0.05) is 11.8 Å². The Kier molecular flexibility index (Phi) is 5.30. The van der Waals surface area contributed by atoms with Crippen LogP contribution < -0.4 is 0 Å². The molecule has 0 rings (SSSR count). The molecular formula is C8H15ClO2. The van der Waals surface area contributed by atoms with E-state index in [1.54, 1.807) is 0 Å². The second-order valence-electron chi connectivity index (χ2n) is 2.94. The van der Waals surface area contributed by atoms with Gasteiger partial charge in [0.1, 0.15) is 0 Å². The van der Waals surface area contributed by atoms with Crippen molar-refractivity contribution in [3.8, 4) is 0 Å². The number of halogens is 1. The van der Waals surface area contributed by atoms with E-state index in [2.05, 4.69) is 0 Å². The molecule has 0 amide bonds. The minimum absolute atomic E-state index is 0.129. The molecule has 2 unspecified atom stereocenters. The third-order valence-electron chi connectivity index (χ3n) is 1.62. The third kappa shape index (κ3) is 6.17. The van der Waals surface area contributed by atoms with Crippen LogP contribution in [0, 0.1) is 5.92 Å². The Bertz CT molecular complexity index is 125. The minimum Gasteiger partial charge on any atom is -0.481 e. The Morgan fingerprint density at radius 2 is 2.18 bits per heavy atom. The molecule has 0 aromatic heterocycles. The van der Waals surface area contributed by atoms with Crippen molar-refractivity contribution < 1.29 is 9.90 Å². The van der Waals surface area contributed by atoms with Gasteiger partial charge >= 0.3 is 5.97 Å². The number of hydrogen-bond donors (Lipinski definition) is 1. The first-order chi connectivity index (χ1) is 5.06. The van der Waals surface area contributed by atoms with Gasteiger partial charge in [0.2, 0.25) is 0 Å². The van der Waals surface area contributed by atoms with Gasteiger partial charge in [0.25, 0.3) is 0 Å². The van der Waals surface area contributed by atoms with E-state index in [1.165, 1.54) is 0 Å². The monoisotopic (exact) mass is 178 g/mol. The lowest BCUT2D eigenvalue weighted by molar-refractivity contribution is -0.138. The van der Waals surface area contributed by atoms with Crippen molar-refractivity contribution in [3.63, 3.8) is 0 Å². The first-order valence-corrected chi connectivity index (χ1v) is 4.35. The molecule has 11 heavy (non-hydrogen) atoms. The van der Waals surface area contributed by atoms with Gasteiger partial charge < -0.3 is 5.11 Å². The maximum Gasteiger partial charge on any atom is 0.303 e. The summed E-state index contributed by atoms with van der Waals surface area (Å²) < 4.78 is 0. The van der Waals surface area contributed by atoms with Crippen LogP contribution in [0.4, 0.5) is 0 Å². The molecule has 0 aliphatic heterocycles. The maximum absolute atomic E-state index is 10.2. The zero-order valence-electron chi connectivity index (χ0n) is 7.01. The second-order valence-corrected chi connectivity index (χ2v) is 3.56. The summed E-state index contributed by atoms with van der Waals surface area (Å²) in [5.74, 6) is -0.549. The minimum atomic E-state index is -0.738. The van der Waals surface area contributed by atoms with E-state index in [-0.39, 0.29) is 17.7 Å². The molecule has 0 aliphatic carbocycles. The predicted octanol–water partition coefficient (Wildman–Crippen LogP) is 2.50. The van der Waals surface area contributed by atoms with Gasteiger partial charge in [-0.1, -0.05) is 13.8 Å². The number of rotatable bonds is 5. The van der Waals surface area contributed by atoms with Gasteiger partial charge in [-0.15, -0.1) is 11.6 Å². The van der Waals surface area contributed by atoms with Crippen molar-refractivity contribution in [1.82, 2.24) is 0 Å². The van der Waals surface area contributed by atoms with Crippen LogP contribution in [-0.4, -0.2) is 16.5 Å². The summed E-state index contributed by atoms with van der Waals surface area (Å²) in [7, 11) is 0. The largest absolute Gasteiger partial charge is 0.481 e. The zero-order valence-corrected chi connectivity index (χ0v) is 7.77. The molecule has 0 aromatic rings. The SMILES string of the molecule is CCC(Cl)CC(C)CC(=O)O. The van der Waals surface area contributed by atoms with E-state index >= 15 is 0 Å². The van der Waals surface area contributed by atoms with Crippen LogP contribution in [0.25, 0.3) is 0 Å². The Balaban J connectivity index is 3.51. The van der Waals surface area contributed by atoms with Crippen molar-refractivity contribution in [2.75, 3.05) is 0 Å². The molecule has 66 valence electrons. The van der Waals surface area contributed by atoms with Gasteiger partial charge in [-0.2, -0.15) is 0 Å². The molecule has 0 radical (unpaired) electrons. The average molecular weight is 179 g/mol. The highest BCUT2D eigenvalue weighted by Gasteiger charge is 2.11. The van der Waals surface area contributed by atoms with Crippen molar-refractivity contribution in [2.24, 2.45) is 5.92 Å². The van der Waals surface area contributed by atoms with Crippen LogP contribution in [-0.2, 0) is 4.79 Å². The number of carbonyl (C=O) groups is 1. The molecule has 0 bridgehead atoms. The van der Waals surface area contributed by atoms with E-state index in [9.17, 15) is 4.79 Å². The van der Waals surface area contributed by atoms with Gasteiger partial charge in [-0.3, -0.25) is 4.79 Å². The first-order valence-electron chi connectivity index (χ1n) is 3.92. The zero-order chi connectivity index (χ0) is 8.85. The number of hydrogen-bond acceptors (Lipinski definition) is 1. The normalized spacial score (nSPS) is 15.9. The molecule has 0 spiro atoms. The lowest BCUT2D eigenvalue weighted by Gasteiger charge is -2.11. The summed E-state index contributed by atoms with van der Waals surface area (Å²) in [4.78, 5) is 10.2. The summed E-state index contributed by atoms with van der Waals surface area (Å²) in [6.07, 6.45) is 1.93. The van der Waals surface area contributed by atoms with E-state index in [1.807, 2.05) is 13.8 Å². The summed E-state index contributed by atoms with van der Waals surface area (Å²) in [5, 5.41) is 8.56. The Morgan fingerprint density at radius 1 is 1.64 bits per heavy atom.